The summed E-state index contributed by atoms with van der Waals surface area (Å²) in [5.41, 5.74) is 6.01. The van der Waals surface area contributed by atoms with E-state index in [9.17, 15) is 0 Å². The SMILES string of the molecule is Cc1cccc2[nH]c(CN(C)c3cc(C(C)C)nn4cnnc34)nc12. The molecule has 0 aliphatic rings. The van der Waals surface area contributed by atoms with Crippen LogP contribution in [0.3, 0.4) is 0 Å². The third-order valence-electron chi connectivity index (χ3n) is 4.42. The summed E-state index contributed by atoms with van der Waals surface area (Å²) < 4.78 is 1.74. The number of aromatic nitrogens is 6. The Morgan fingerprint density at radius 2 is 2.12 bits per heavy atom. The van der Waals surface area contributed by atoms with Crippen molar-refractivity contribution in [3.63, 3.8) is 0 Å². The minimum absolute atomic E-state index is 0.327. The second-order valence-electron chi connectivity index (χ2n) is 6.72. The normalized spacial score (nSPS) is 11.7. The molecular formula is C18H21N7. The van der Waals surface area contributed by atoms with Crippen LogP contribution in [0.2, 0.25) is 0 Å². The number of hydrogen-bond acceptors (Lipinski definition) is 5. The number of imidazole rings is 1. The summed E-state index contributed by atoms with van der Waals surface area (Å²) in [5.74, 6) is 1.25. The van der Waals surface area contributed by atoms with Crippen molar-refractivity contribution in [1.82, 2.24) is 29.8 Å². The van der Waals surface area contributed by atoms with Gasteiger partial charge in [0.1, 0.15) is 12.2 Å². The molecule has 0 radical (unpaired) electrons. The molecule has 128 valence electrons. The lowest BCUT2D eigenvalue weighted by Crippen LogP contribution is -2.19. The lowest BCUT2D eigenvalue weighted by Gasteiger charge is -2.19. The minimum Gasteiger partial charge on any atom is -0.364 e. The standard InChI is InChI=1S/C18H21N7/c1-11(2)14-8-15(18-22-19-10-25(18)23-14)24(4)9-16-20-13-7-5-6-12(3)17(13)21-16/h5-8,10-11H,9H2,1-4H3,(H,20,21). The van der Waals surface area contributed by atoms with Gasteiger partial charge in [0.2, 0.25) is 5.65 Å². The van der Waals surface area contributed by atoms with Crippen LogP contribution in [0.15, 0.2) is 30.6 Å². The molecule has 0 saturated carbocycles. The van der Waals surface area contributed by atoms with E-state index in [1.807, 2.05) is 13.1 Å². The van der Waals surface area contributed by atoms with Gasteiger partial charge in [-0.15, -0.1) is 10.2 Å². The van der Waals surface area contributed by atoms with Crippen molar-refractivity contribution in [2.45, 2.75) is 33.2 Å². The fourth-order valence-electron chi connectivity index (χ4n) is 3.00. The number of hydrogen-bond donors (Lipinski definition) is 1. The number of H-pyrrole nitrogens is 1. The molecule has 0 saturated heterocycles. The quantitative estimate of drug-likeness (QED) is 0.620. The highest BCUT2D eigenvalue weighted by molar-refractivity contribution is 5.78. The average molecular weight is 335 g/mol. The van der Waals surface area contributed by atoms with Gasteiger partial charge >= 0.3 is 0 Å². The molecule has 25 heavy (non-hydrogen) atoms. The largest absolute Gasteiger partial charge is 0.364 e. The molecule has 4 aromatic rings. The van der Waals surface area contributed by atoms with Crippen molar-refractivity contribution in [2.75, 3.05) is 11.9 Å². The van der Waals surface area contributed by atoms with E-state index in [4.69, 9.17) is 4.98 Å². The van der Waals surface area contributed by atoms with Gasteiger partial charge in [-0.2, -0.15) is 9.61 Å². The maximum absolute atomic E-state index is 4.75. The summed E-state index contributed by atoms with van der Waals surface area (Å²) in [5, 5.41) is 12.8. The first kappa shape index (κ1) is 15.6. The molecule has 3 aromatic heterocycles. The van der Waals surface area contributed by atoms with E-state index < -0.39 is 0 Å². The van der Waals surface area contributed by atoms with E-state index in [1.54, 1.807) is 10.8 Å². The van der Waals surface area contributed by atoms with Crippen LogP contribution in [0.5, 0.6) is 0 Å². The maximum atomic E-state index is 4.75. The Bertz CT molecular complexity index is 1040. The molecule has 3 heterocycles. The number of para-hydroxylation sites is 1. The van der Waals surface area contributed by atoms with Gasteiger partial charge in [-0.25, -0.2) is 4.98 Å². The Morgan fingerprint density at radius 3 is 2.88 bits per heavy atom. The van der Waals surface area contributed by atoms with Gasteiger partial charge < -0.3 is 9.88 Å². The summed E-state index contributed by atoms with van der Waals surface area (Å²) in [4.78, 5) is 10.3. The molecule has 0 atom stereocenters. The topological polar surface area (TPSA) is 75.0 Å². The van der Waals surface area contributed by atoms with Gasteiger partial charge in [-0.05, 0) is 30.5 Å². The van der Waals surface area contributed by atoms with Gasteiger partial charge in [0, 0.05) is 7.05 Å². The van der Waals surface area contributed by atoms with Gasteiger partial charge in [0.25, 0.3) is 0 Å². The summed E-state index contributed by atoms with van der Waals surface area (Å²) in [6.45, 7) is 6.99. The number of benzene rings is 1. The minimum atomic E-state index is 0.327. The van der Waals surface area contributed by atoms with E-state index in [0.717, 1.165) is 33.9 Å². The van der Waals surface area contributed by atoms with Gasteiger partial charge in [0.05, 0.1) is 29.0 Å². The van der Waals surface area contributed by atoms with Crippen LogP contribution in [0, 0.1) is 6.92 Å². The Morgan fingerprint density at radius 1 is 1.28 bits per heavy atom. The molecule has 0 aliphatic carbocycles. The number of rotatable bonds is 4. The number of nitrogens with zero attached hydrogens (tertiary/aromatic N) is 6. The van der Waals surface area contributed by atoms with Crippen molar-refractivity contribution in [3.8, 4) is 0 Å². The van der Waals surface area contributed by atoms with Gasteiger partial charge in [-0.1, -0.05) is 26.0 Å². The van der Waals surface area contributed by atoms with Crippen molar-refractivity contribution in [2.24, 2.45) is 0 Å². The fraction of sp³-hybridized carbons (Fsp3) is 0.333. The van der Waals surface area contributed by atoms with Gasteiger partial charge in [0.15, 0.2) is 0 Å². The highest BCUT2D eigenvalue weighted by Gasteiger charge is 2.15. The lowest BCUT2D eigenvalue weighted by atomic mass is 10.1. The van der Waals surface area contributed by atoms with Crippen LogP contribution in [-0.4, -0.2) is 36.8 Å². The molecule has 0 aliphatic heterocycles. The molecule has 7 heteroatoms. The number of aryl methyl sites for hydroxylation is 1. The van der Waals surface area contributed by atoms with Crippen LogP contribution >= 0.6 is 0 Å². The zero-order valence-electron chi connectivity index (χ0n) is 14.9. The van der Waals surface area contributed by atoms with Crippen LogP contribution in [0.4, 0.5) is 5.69 Å². The number of fused-ring (bicyclic) bond motifs is 2. The van der Waals surface area contributed by atoms with Crippen molar-refractivity contribution >= 4 is 22.4 Å². The molecule has 0 unspecified atom stereocenters. The number of aromatic amines is 1. The Labute approximate surface area is 145 Å². The molecule has 4 rings (SSSR count). The predicted molar refractivity (Wildman–Crippen MR) is 97.8 cm³/mol. The van der Waals surface area contributed by atoms with Crippen LogP contribution < -0.4 is 4.90 Å². The first-order valence-corrected chi connectivity index (χ1v) is 8.39. The highest BCUT2D eigenvalue weighted by atomic mass is 15.4. The van der Waals surface area contributed by atoms with Crippen LogP contribution in [0.1, 0.15) is 36.8 Å². The third-order valence-corrected chi connectivity index (χ3v) is 4.42. The average Bonchev–Trinajstić information content (AvgIpc) is 3.20. The number of nitrogens with one attached hydrogen (secondary N) is 1. The second-order valence-corrected chi connectivity index (χ2v) is 6.72. The monoisotopic (exact) mass is 335 g/mol. The van der Waals surface area contributed by atoms with Crippen molar-refractivity contribution < 1.29 is 0 Å². The van der Waals surface area contributed by atoms with Crippen molar-refractivity contribution in [1.29, 1.82) is 0 Å². The van der Waals surface area contributed by atoms with E-state index in [0.29, 0.717) is 12.5 Å². The van der Waals surface area contributed by atoms with Crippen molar-refractivity contribution in [3.05, 3.63) is 47.7 Å². The summed E-state index contributed by atoms with van der Waals surface area (Å²) in [7, 11) is 2.04. The van der Waals surface area contributed by atoms with Crippen LogP contribution in [0.25, 0.3) is 16.7 Å². The van der Waals surface area contributed by atoms with E-state index in [-0.39, 0.29) is 0 Å². The second kappa shape index (κ2) is 5.84. The smallest absolute Gasteiger partial charge is 0.200 e. The van der Waals surface area contributed by atoms with Crippen LogP contribution in [-0.2, 0) is 6.54 Å². The molecule has 0 spiro atoms. The molecular weight excluding hydrogens is 314 g/mol. The third kappa shape index (κ3) is 2.71. The van der Waals surface area contributed by atoms with E-state index in [2.05, 4.69) is 64.2 Å². The van der Waals surface area contributed by atoms with E-state index in [1.165, 1.54) is 5.56 Å². The molecule has 0 bridgehead atoms. The molecule has 1 aromatic carbocycles. The number of anilines is 1. The zero-order valence-corrected chi connectivity index (χ0v) is 14.9. The highest BCUT2D eigenvalue weighted by Crippen LogP contribution is 2.24. The Balaban J connectivity index is 1.72. The lowest BCUT2D eigenvalue weighted by molar-refractivity contribution is 0.755. The zero-order chi connectivity index (χ0) is 17.6. The first-order chi connectivity index (χ1) is 12.0. The predicted octanol–water partition coefficient (Wildman–Crippen LogP) is 3.07. The fourth-order valence-corrected chi connectivity index (χ4v) is 3.00. The first-order valence-electron chi connectivity index (χ1n) is 8.39. The molecule has 0 amide bonds. The summed E-state index contributed by atoms with van der Waals surface area (Å²) >= 11 is 0. The van der Waals surface area contributed by atoms with E-state index >= 15 is 0 Å². The molecule has 1 N–H and O–H groups in total. The summed E-state index contributed by atoms with van der Waals surface area (Å²) in [6, 6.07) is 8.26. The molecule has 7 nitrogen and oxygen atoms in total. The Hall–Kier alpha value is -2.96. The van der Waals surface area contributed by atoms with Gasteiger partial charge in [-0.3, -0.25) is 0 Å². The maximum Gasteiger partial charge on any atom is 0.200 e. The summed E-state index contributed by atoms with van der Waals surface area (Å²) in [6.07, 6.45) is 1.64. The Kier molecular flexibility index (Phi) is 3.63. The molecule has 0 fully saturated rings.